The number of thioether (sulfide) groups is 1. The van der Waals surface area contributed by atoms with Gasteiger partial charge in [0, 0.05) is 38.0 Å². The Labute approximate surface area is 197 Å². The number of benzene rings is 1. The molecule has 7 nitrogen and oxygen atoms in total. The number of allylic oxidation sites excluding steroid dienone is 1. The van der Waals surface area contributed by atoms with Gasteiger partial charge in [-0.1, -0.05) is 35.5 Å². The van der Waals surface area contributed by atoms with Crippen LogP contribution in [-0.2, 0) is 14.3 Å². The maximum Gasteiger partial charge on any atom is 0.253 e. The van der Waals surface area contributed by atoms with Gasteiger partial charge in [-0.05, 0) is 42.9 Å². The summed E-state index contributed by atoms with van der Waals surface area (Å²) < 4.78 is 5.60. The van der Waals surface area contributed by atoms with Crippen LogP contribution in [0.1, 0.15) is 37.8 Å². The largest absolute Gasteiger partial charge is 0.376 e. The van der Waals surface area contributed by atoms with Crippen LogP contribution in [0.2, 0.25) is 5.02 Å². The second kappa shape index (κ2) is 9.68. The molecule has 1 aromatic carbocycles. The van der Waals surface area contributed by atoms with Crippen molar-refractivity contribution in [1.82, 2.24) is 15.1 Å². The number of halogens is 1. The molecule has 0 radical (unpaired) electrons. The average Bonchev–Trinajstić information content (AvgIpc) is 3.41. The third-order valence-electron chi connectivity index (χ3n) is 5.72. The van der Waals surface area contributed by atoms with Crippen LogP contribution in [0.25, 0.3) is 0 Å². The van der Waals surface area contributed by atoms with Gasteiger partial charge in [0.1, 0.15) is 0 Å². The van der Waals surface area contributed by atoms with Gasteiger partial charge in [0.15, 0.2) is 5.17 Å². The number of hydrogen-bond acceptors (Lipinski definition) is 6. The molecule has 3 aliphatic heterocycles. The Morgan fingerprint density at radius 3 is 2.72 bits per heavy atom. The summed E-state index contributed by atoms with van der Waals surface area (Å²) in [6.07, 6.45) is 2.30. The maximum absolute atomic E-state index is 13.2. The van der Waals surface area contributed by atoms with Crippen molar-refractivity contribution < 1.29 is 14.3 Å². The van der Waals surface area contributed by atoms with Gasteiger partial charge in [0.05, 0.1) is 29.8 Å². The normalized spacial score (nSPS) is 22.4. The lowest BCUT2D eigenvalue weighted by Gasteiger charge is -2.37. The van der Waals surface area contributed by atoms with E-state index < -0.39 is 0 Å². The quantitative estimate of drug-likeness (QED) is 0.680. The Bertz CT molecular complexity index is 997. The van der Waals surface area contributed by atoms with Crippen molar-refractivity contribution in [3.05, 3.63) is 57.2 Å². The van der Waals surface area contributed by atoms with E-state index in [9.17, 15) is 9.59 Å². The zero-order chi connectivity index (χ0) is 22.8. The van der Waals surface area contributed by atoms with Gasteiger partial charge in [0.25, 0.3) is 5.91 Å². The lowest BCUT2D eigenvalue weighted by atomic mass is 9.93. The predicted molar refractivity (Wildman–Crippen MR) is 127 cm³/mol. The monoisotopic (exact) mass is 474 g/mol. The Hall–Kier alpha value is -2.29. The fraction of sp³-hybridized carbons (Fsp3) is 0.435. The molecule has 32 heavy (non-hydrogen) atoms. The number of ether oxygens (including phenoxy) is 1. The van der Waals surface area contributed by atoms with Gasteiger partial charge in [0.2, 0.25) is 5.91 Å². The molecular weight excluding hydrogens is 448 g/mol. The third kappa shape index (κ3) is 4.72. The van der Waals surface area contributed by atoms with Crippen LogP contribution < -0.4 is 5.32 Å². The first-order valence-electron chi connectivity index (χ1n) is 10.6. The average molecular weight is 475 g/mol. The van der Waals surface area contributed by atoms with Gasteiger partial charge in [-0.15, -0.1) is 0 Å². The number of amidine groups is 1. The van der Waals surface area contributed by atoms with E-state index in [1.54, 1.807) is 19.0 Å². The number of nitrogens with one attached hydrogen (secondary N) is 1. The third-order valence-corrected chi connectivity index (χ3v) is 6.86. The minimum absolute atomic E-state index is 0.0739. The molecule has 0 saturated carbocycles. The summed E-state index contributed by atoms with van der Waals surface area (Å²) in [5, 5.41) is 6.32. The molecule has 0 aromatic heterocycles. The number of nitrogens with zero attached hydrogens (tertiary/aromatic N) is 3. The lowest BCUT2D eigenvalue weighted by molar-refractivity contribution is -0.125. The molecule has 0 spiro atoms. The van der Waals surface area contributed by atoms with Crippen LogP contribution in [0.3, 0.4) is 0 Å². The van der Waals surface area contributed by atoms with Crippen LogP contribution in [0.15, 0.2) is 51.6 Å². The molecular formula is C23H27ClN4O3S. The number of hydrogen-bond donors (Lipinski definition) is 1. The lowest BCUT2D eigenvalue weighted by Crippen LogP contribution is -2.40. The van der Waals surface area contributed by atoms with E-state index in [1.807, 2.05) is 41.5 Å². The molecule has 4 rings (SSSR count). The molecule has 1 N–H and O–H groups in total. The van der Waals surface area contributed by atoms with Crippen molar-refractivity contribution in [3.63, 3.8) is 0 Å². The van der Waals surface area contributed by atoms with Crippen molar-refractivity contribution >= 4 is 40.3 Å². The minimum Gasteiger partial charge on any atom is -0.376 e. The number of amides is 2. The summed E-state index contributed by atoms with van der Waals surface area (Å²) in [5.41, 5.74) is 3.00. The topological polar surface area (TPSA) is 74.2 Å². The number of likely N-dealkylation sites (N-methyl/N-ethyl adjacent to an activating group) is 1. The highest BCUT2D eigenvalue weighted by molar-refractivity contribution is 8.16. The van der Waals surface area contributed by atoms with Gasteiger partial charge >= 0.3 is 0 Å². The standard InChI is InChI=1S/C23H27ClN4O3S/c1-14-20(22(30)27(2)3)21(15-6-8-16(24)9-7-15)28-17(13-32-23(28)26-14)11-19(29)25-12-18-5-4-10-31-18/h6-9,13,18,21H,4-5,10-12H2,1-3H3,(H,25,29). The van der Waals surface area contributed by atoms with E-state index in [0.717, 1.165) is 35.9 Å². The number of carbonyl (C=O) groups excluding carboxylic acids is 2. The van der Waals surface area contributed by atoms with E-state index >= 15 is 0 Å². The summed E-state index contributed by atoms with van der Waals surface area (Å²) in [4.78, 5) is 34.1. The fourth-order valence-corrected chi connectivity index (χ4v) is 5.19. The first-order valence-corrected chi connectivity index (χ1v) is 11.9. The summed E-state index contributed by atoms with van der Waals surface area (Å²) in [5.74, 6) is -0.181. The SMILES string of the molecule is CC1=C(C(=O)N(C)C)C(c2ccc(Cl)cc2)N2C(CC(=O)NCC3CCCO3)=CSC2=N1. The molecule has 0 aliphatic carbocycles. The Morgan fingerprint density at radius 2 is 2.06 bits per heavy atom. The molecule has 2 amide bonds. The van der Waals surface area contributed by atoms with E-state index in [1.165, 1.54) is 11.8 Å². The van der Waals surface area contributed by atoms with Crippen molar-refractivity contribution in [3.8, 4) is 0 Å². The summed E-state index contributed by atoms with van der Waals surface area (Å²) in [6.45, 7) is 3.13. The van der Waals surface area contributed by atoms with Crippen LogP contribution in [-0.4, -0.2) is 60.1 Å². The maximum atomic E-state index is 13.2. The van der Waals surface area contributed by atoms with E-state index in [0.29, 0.717) is 22.8 Å². The first-order chi connectivity index (χ1) is 15.3. The fourth-order valence-electron chi connectivity index (χ4n) is 4.10. The molecule has 1 fully saturated rings. The molecule has 3 heterocycles. The van der Waals surface area contributed by atoms with Crippen LogP contribution >= 0.6 is 23.4 Å². The van der Waals surface area contributed by atoms with Crippen molar-refractivity contribution in [2.45, 2.75) is 38.3 Å². The molecule has 3 aliphatic rings. The molecule has 0 bridgehead atoms. The van der Waals surface area contributed by atoms with Crippen LogP contribution in [0.4, 0.5) is 0 Å². The smallest absolute Gasteiger partial charge is 0.253 e. The summed E-state index contributed by atoms with van der Waals surface area (Å²) in [6, 6.07) is 7.09. The number of rotatable bonds is 6. The molecule has 2 unspecified atom stereocenters. The summed E-state index contributed by atoms with van der Waals surface area (Å²) >= 11 is 7.59. The first kappa shape index (κ1) is 22.9. The van der Waals surface area contributed by atoms with Crippen LogP contribution in [0.5, 0.6) is 0 Å². The highest BCUT2D eigenvalue weighted by atomic mass is 35.5. The molecule has 170 valence electrons. The van der Waals surface area contributed by atoms with Crippen LogP contribution in [0, 0.1) is 0 Å². The van der Waals surface area contributed by atoms with E-state index in [4.69, 9.17) is 21.3 Å². The second-order valence-electron chi connectivity index (χ2n) is 8.26. The second-order valence-corrected chi connectivity index (χ2v) is 9.53. The Morgan fingerprint density at radius 1 is 1.31 bits per heavy atom. The predicted octanol–water partition coefficient (Wildman–Crippen LogP) is 3.69. The van der Waals surface area contributed by atoms with Gasteiger partial charge < -0.3 is 19.9 Å². The highest BCUT2D eigenvalue weighted by Gasteiger charge is 2.40. The van der Waals surface area contributed by atoms with Gasteiger partial charge in [-0.3, -0.25) is 9.59 Å². The molecule has 1 saturated heterocycles. The van der Waals surface area contributed by atoms with Crippen molar-refractivity contribution in [2.75, 3.05) is 27.2 Å². The Kier molecular flexibility index (Phi) is 6.93. The van der Waals surface area contributed by atoms with Crippen molar-refractivity contribution in [2.24, 2.45) is 4.99 Å². The van der Waals surface area contributed by atoms with Gasteiger partial charge in [-0.2, -0.15) is 0 Å². The zero-order valence-corrected chi connectivity index (χ0v) is 20.0. The molecule has 1 aromatic rings. The number of carbonyl (C=O) groups is 2. The number of fused-ring (bicyclic) bond motifs is 1. The zero-order valence-electron chi connectivity index (χ0n) is 18.4. The molecule has 9 heteroatoms. The minimum atomic E-state index is -0.387. The highest BCUT2D eigenvalue weighted by Crippen LogP contribution is 2.45. The summed E-state index contributed by atoms with van der Waals surface area (Å²) in [7, 11) is 3.46. The van der Waals surface area contributed by atoms with Crippen molar-refractivity contribution in [1.29, 1.82) is 0 Å². The van der Waals surface area contributed by atoms with E-state index in [-0.39, 0.29) is 30.4 Å². The molecule has 2 atom stereocenters. The van der Waals surface area contributed by atoms with Gasteiger partial charge in [-0.25, -0.2) is 4.99 Å². The Balaban J connectivity index is 1.61. The number of aliphatic imine (C=N–C) groups is 1. The van der Waals surface area contributed by atoms with E-state index in [2.05, 4.69) is 5.32 Å².